The fourth-order valence-corrected chi connectivity index (χ4v) is 1.58. The number of unbranched alkanes of at least 4 members (excludes halogenated alkanes) is 1. The molecule has 3 nitrogen and oxygen atoms in total. The Balaban J connectivity index is 2.39. The number of hydrogen-bond acceptors (Lipinski definition) is 2. The minimum Gasteiger partial charge on any atom is -0.332 e. The second kappa shape index (κ2) is 7.25. The second-order valence-electron chi connectivity index (χ2n) is 3.61. The van der Waals surface area contributed by atoms with Gasteiger partial charge in [0.1, 0.15) is 0 Å². The summed E-state index contributed by atoms with van der Waals surface area (Å²) in [7, 11) is 0. The van der Waals surface area contributed by atoms with Gasteiger partial charge in [-0.2, -0.15) is 0 Å². The highest BCUT2D eigenvalue weighted by Gasteiger charge is 2.03. The first-order valence-corrected chi connectivity index (χ1v) is 6.27. The molecular weight excluding hydrogens is 256 g/mol. The molecule has 0 bridgehead atoms. The van der Waals surface area contributed by atoms with E-state index in [1.807, 2.05) is 6.92 Å². The predicted octanol–water partition coefficient (Wildman–Crippen LogP) is 3.34. The molecule has 0 heterocycles. The highest BCUT2D eigenvalue weighted by molar-refractivity contribution is 7.80. The van der Waals surface area contributed by atoms with Gasteiger partial charge in [-0.25, -0.2) is 0 Å². The molecular formula is C12H15ClN2OS. The number of hydrogen-bond donors (Lipinski definition) is 2. The van der Waals surface area contributed by atoms with Gasteiger partial charge in [-0.15, -0.1) is 0 Å². The maximum Gasteiger partial charge on any atom is 0.226 e. The number of thiocarbonyl (C=S) groups is 1. The molecule has 5 heteroatoms. The number of rotatable bonds is 4. The van der Waals surface area contributed by atoms with E-state index in [2.05, 4.69) is 10.6 Å². The molecule has 1 aromatic carbocycles. The molecule has 0 aromatic heterocycles. The quantitative estimate of drug-likeness (QED) is 0.825. The summed E-state index contributed by atoms with van der Waals surface area (Å²) in [6, 6.07) is 7.11. The summed E-state index contributed by atoms with van der Waals surface area (Å²) >= 11 is 10.8. The Labute approximate surface area is 112 Å². The van der Waals surface area contributed by atoms with Crippen LogP contribution in [0.2, 0.25) is 5.02 Å². The predicted molar refractivity (Wildman–Crippen MR) is 75.3 cm³/mol. The van der Waals surface area contributed by atoms with E-state index >= 15 is 0 Å². The Hall–Kier alpha value is -1.13. The molecule has 0 unspecified atom stereocenters. The number of carbonyl (C=O) groups excluding carboxylic acids is 1. The van der Waals surface area contributed by atoms with Gasteiger partial charge in [-0.3, -0.25) is 4.79 Å². The third-order valence-corrected chi connectivity index (χ3v) is 2.57. The number of nitrogens with one attached hydrogen (secondary N) is 2. The monoisotopic (exact) mass is 270 g/mol. The van der Waals surface area contributed by atoms with Crippen molar-refractivity contribution < 1.29 is 4.79 Å². The molecule has 0 atom stereocenters. The first kappa shape index (κ1) is 13.9. The molecule has 0 saturated heterocycles. The van der Waals surface area contributed by atoms with E-state index < -0.39 is 0 Å². The van der Waals surface area contributed by atoms with Gasteiger partial charge in [-0.05, 0) is 42.9 Å². The van der Waals surface area contributed by atoms with Crippen molar-refractivity contribution in [2.24, 2.45) is 0 Å². The van der Waals surface area contributed by atoms with Crippen LogP contribution in [0.4, 0.5) is 5.69 Å². The number of carbonyl (C=O) groups is 1. The molecule has 0 saturated carbocycles. The fourth-order valence-electron chi connectivity index (χ4n) is 1.22. The second-order valence-corrected chi connectivity index (χ2v) is 4.46. The van der Waals surface area contributed by atoms with Crippen molar-refractivity contribution in [2.45, 2.75) is 26.2 Å². The van der Waals surface area contributed by atoms with Gasteiger partial charge in [0.25, 0.3) is 0 Å². The van der Waals surface area contributed by atoms with Crippen LogP contribution in [0.1, 0.15) is 26.2 Å². The standard InChI is InChI=1S/C12H15ClN2OS/c1-2-3-4-11(16)15-12(17)14-10-7-5-9(13)6-8-10/h5-8H,2-4H2,1H3,(H2,14,15,16,17). The van der Waals surface area contributed by atoms with Gasteiger partial charge in [-0.1, -0.05) is 24.9 Å². The average molecular weight is 271 g/mol. The zero-order chi connectivity index (χ0) is 12.7. The van der Waals surface area contributed by atoms with Gasteiger partial charge in [0.15, 0.2) is 5.11 Å². The van der Waals surface area contributed by atoms with Crippen molar-refractivity contribution in [1.29, 1.82) is 0 Å². The van der Waals surface area contributed by atoms with Crippen LogP contribution in [0.5, 0.6) is 0 Å². The molecule has 0 aliphatic rings. The summed E-state index contributed by atoms with van der Waals surface area (Å²) in [5.74, 6) is -0.0571. The van der Waals surface area contributed by atoms with E-state index in [0.29, 0.717) is 16.6 Å². The average Bonchev–Trinajstić information content (AvgIpc) is 2.29. The molecule has 0 radical (unpaired) electrons. The number of amides is 1. The Morgan fingerprint density at radius 3 is 2.59 bits per heavy atom. The minimum atomic E-state index is -0.0571. The molecule has 92 valence electrons. The zero-order valence-electron chi connectivity index (χ0n) is 9.63. The van der Waals surface area contributed by atoms with Crippen molar-refractivity contribution in [2.75, 3.05) is 5.32 Å². The summed E-state index contributed by atoms with van der Waals surface area (Å²) in [6.45, 7) is 2.04. The molecule has 0 spiro atoms. The lowest BCUT2D eigenvalue weighted by Gasteiger charge is -2.09. The van der Waals surface area contributed by atoms with E-state index in [1.54, 1.807) is 24.3 Å². The lowest BCUT2D eigenvalue weighted by molar-refractivity contribution is -0.119. The van der Waals surface area contributed by atoms with Crippen molar-refractivity contribution >= 4 is 40.5 Å². The van der Waals surface area contributed by atoms with Gasteiger partial charge in [0.2, 0.25) is 5.91 Å². The van der Waals surface area contributed by atoms with Gasteiger partial charge in [0, 0.05) is 17.1 Å². The van der Waals surface area contributed by atoms with Gasteiger partial charge < -0.3 is 10.6 Å². The topological polar surface area (TPSA) is 41.1 Å². The Morgan fingerprint density at radius 1 is 1.35 bits per heavy atom. The maximum atomic E-state index is 11.4. The smallest absolute Gasteiger partial charge is 0.226 e. The Bertz CT molecular complexity index is 392. The van der Waals surface area contributed by atoms with Crippen LogP contribution in [0.15, 0.2) is 24.3 Å². The molecule has 0 fully saturated rings. The third-order valence-electron chi connectivity index (χ3n) is 2.11. The van der Waals surface area contributed by atoms with Crippen LogP contribution in [-0.4, -0.2) is 11.0 Å². The van der Waals surface area contributed by atoms with Crippen LogP contribution in [0, 0.1) is 0 Å². The highest BCUT2D eigenvalue weighted by atomic mass is 35.5. The van der Waals surface area contributed by atoms with Crippen LogP contribution >= 0.6 is 23.8 Å². The van der Waals surface area contributed by atoms with Crippen LogP contribution in [0.25, 0.3) is 0 Å². The Kier molecular flexibility index (Phi) is 5.94. The summed E-state index contributed by atoms with van der Waals surface area (Å²) in [5, 5.41) is 6.52. The lowest BCUT2D eigenvalue weighted by Crippen LogP contribution is -2.33. The number of halogens is 1. The van der Waals surface area contributed by atoms with Crippen molar-refractivity contribution in [3.8, 4) is 0 Å². The number of benzene rings is 1. The van der Waals surface area contributed by atoms with Crippen molar-refractivity contribution in [3.63, 3.8) is 0 Å². The van der Waals surface area contributed by atoms with Gasteiger partial charge in [0.05, 0.1) is 0 Å². The van der Waals surface area contributed by atoms with Crippen LogP contribution in [-0.2, 0) is 4.79 Å². The molecule has 2 N–H and O–H groups in total. The van der Waals surface area contributed by atoms with Crippen LogP contribution < -0.4 is 10.6 Å². The van der Waals surface area contributed by atoms with Crippen molar-refractivity contribution in [3.05, 3.63) is 29.3 Å². The SMILES string of the molecule is CCCCC(=O)NC(=S)Nc1ccc(Cl)cc1. The summed E-state index contributed by atoms with van der Waals surface area (Å²) < 4.78 is 0. The lowest BCUT2D eigenvalue weighted by atomic mass is 10.2. The van der Waals surface area contributed by atoms with E-state index in [-0.39, 0.29) is 5.91 Å². The summed E-state index contributed by atoms with van der Waals surface area (Å²) in [5.41, 5.74) is 0.801. The molecule has 17 heavy (non-hydrogen) atoms. The Morgan fingerprint density at radius 2 is 2.00 bits per heavy atom. The summed E-state index contributed by atoms with van der Waals surface area (Å²) in [6.07, 6.45) is 2.36. The largest absolute Gasteiger partial charge is 0.332 e. The molecule has 1 amide bonds. The first-order chi connectivity index (χ1) is 8.11. The van der Waals surface area contributed by atoms with E-state index in [0.717, 1.165) is 18.5 Å². The molecule has 0 aliphatic heterocycles. The van der Waals surface area contributed by atoms with Crippen LogP contribution in [0.3, 0.4) is 0 Å². The normalized spacial score (nSPS) is 9.76. The molecule has 0 aliphatic carbocycles. The van der Waals surface area contributed by atoms with E-state index in [1.165, 1.54) is 0 Å². The first-order valence-electron chi connectivity index (χ1n) is 5.48. The van der Waals surface area contributed by atoms with Gasteiger partial charge >= 0.3 is 0 Å². The van der Waals surface area contributed by atoms with E-state index in [9.17, 15) is 4.79 Å². The number of anilines is 1. The van der Waals surface area contributed by atoms with E-state index in [4.69, 9.17) is 23.8 Å². The highest BCUT2D eigenvalue weighted by Crippen LogP contribution is 2.13. The maximum absolute atomic E-state index is 11.4. The molecule has 1 rings (SSSR count). The summed E-state index contributed by atoms with van der Waals surface area (Å²) in [4.78, 5) is 11.4. The van der Waals surface area contributed by atoms with Crippen molar-refractivity contribution in [1.82, 2.24) is 5.32 Å². The third kappa shape index (κ3) is 5.65. The zero-order valence-corrected chi connectivity index (χ0v) is 11.2. The minimum absolute atomic E-state index is 0.0571. The molecule has 1 aromatic rings. The fraction of sp³-hybridized carbons (Fsp3) is 0.333.